The first-order valence-corrected chi connectivity index (χ1v) is 9.47. The molecule has 1 saturated carbocycles. The maximum absolute atomic E-state index is 12.9. The highest BCUT2D eigenvalue weighted by atomic mass is 16.5. The standard InChI is InChI=1S/C20H26N2O4/c1-13-5-6-17(26-13)19(25)22-12-20(7-8-20)10-16(22)18(24)21-11-14-3-2-4-15(23)9-14/h2-4,9,13,16-17,23H,5-8,10-12H2,1H3,(H,21,24)/t13-,16+,17-/m1/s1. The highest BCUT2D eigenvalue weighted by Crippen LogP contribution is 2.55. The lowest BCUT2D eigenvalue weighted by molar-refractivity contribution is -0.147. The number of amides is 2. The molecule has 0 radical (unpaired) electrons. The van der Waals surface area contributed by atoms with Crippen LogP contribution >= 0.6 is 0 Å². The van der Waals surface area contributed by atoms with Crippen molar-refractivity contribution in [2.75, 3.05) is 6.54 Å². The molecule has 2 saturated heterocycles. The predicted octanol–water partition coefficient (Wildman–Crippen LogP) is 1.96. The first-order valence-electron chi connectivity index (χ1n) is 9.47. The van der Waals surface area contributed by atoms with Gasteiger partial charge >= 0.3 is 0 Å². The maximum atomic E-state index is 12.9. The average molecular weight is 358 g/mol. The average Bonchev–Trinajstić information content (AvgIpc) is 3.05. The Bertz CT molecular complexity index is 716. The van der Waals surface area contributed by atoms with Crippen molar-refractivity contribution in [3.05, 3.63) is 29.8 Å². The summed E-state index contributed by atoms with van der Waals surface area (Å²) in [5.74, 6) is 0.0333. The number of phenols is 1. The van der Waals surface area contributed by atoms with Gasteiger partial charge in [0.15, 0.2) is 0 Å². The molecule has 2 heterocycles. The molecule has 2 aliphatic heterocycles. The fraction of sp³-hybridized carbons (Fsp3) is 0.600. The van der Waals surface area contributed by atoms with Gasteiger partial charge in [0.05, 0.1) is 6.10 Å². The van der Waals surface area contributed by atoms with E-state index in [0.29, 0.717) is 13.1 Å². The molecular weight excluding hydrogens is 332 g/mol. The van der Waals surface area contributed by atoms with E-state index >= 15 is 0 Å². The number of nitrogens with one attached hydrogen (secondary N) is 1. The monoisotopic (exact) mass is 358 g/mol. The highest BCUT2D eigenvalue weighted by molar-refractivity contribution is 5.90. The second-order valence-corrected chi connectivity index (χ2v) is 8.09. The lowest BCUT2D eigenvalue weighted by Gasteiger charge is -2.26. The van der Waals surface area contributed by atoms with Crippen molar-refractivity contribution in [2.24, 2.45) is 5.41 Å². The Morgan fingerprint density at radius 2 is 2.15 bits per heavy atom. The van der Waals surface area contributed by atoms with E-state index in [2.05, 4.69) is 5.32 Å². The van der Waals surface area contributed by atoms with E-state index in [1.807, 2.05) is 13.0 Å². The molecule has 0 bridgehead atoms. The first-order chi connectivity index (χ1) is 12.5. The second-order valence-electron chi connectivity index (χ2n) is 8.09. The van der Waals surface area contributed by atoms with E-state index in [1.54, 1.807) is 23.1 Å². The molecule has 2 N–H and O–H groups in total. The van der Waals surface area contributed by atoms with Gasteiger partial charge in [-0.05, 0) is 62.1 Å². The van der Waals surface area contributed by atoms with Gasteiger partial charge in [-0.15, -0.1) is 0 Å². The summed E-state index contributed by atoms with van der Waals surface area (Å²) in [6.45, 7) is 3.00. The van der Waals surface area contributed by atoms with Crippen LogP contribution in [0, 0.1) is 5.41 Å². The van der Waals surface area contributed by atoms with E-state index in [0.717, 1.165) is 37.7 Å². The van der Waals surface area contributed by atoms with Gasteiger partial charge in [-0.3, -0.25) is 9.59 Å². The van der Waals surface area contributed by atoms with E-state index < -0.39 is 12.1 Å². The van der Waals surface area contributed by atoms with Crippen LogP contribution in [-0.4, -0.2) is 46.6 Å². The van der Waals surface area contributed by atoms with Crippen LogP contribution in [0.3, 0.4) is 0 Å². The third-order valence-electron chi connectivity index (χ3n) is 5.94. The first kappa shape index (κ1) is 17.3. The largest absolute Gasteiger partial charge is 0.508 e. The van der Waals surface area contributed by atoms with Crippen LogP contribution < -0.4 is 5.32 Å². The summed E-state index contributed by atoms with van der Waals surface area (Å²) in [6, 6.07) is 6.42. The maximum Gasteiger partial charge on any atom is 0.252 e. The van der Waals surface area contributed by atoms with Crippen molar-refractivity contribution < 1.29 is 19.4 Å². The Hall–Kier alpha value is -2.08. The van der Waals surface area contributed by atoms with Crippen LogP contribution in [0.1, 0.15) is 44.6 Å². The molecule has 2 amide bonds. The molecule has 1 aromatic carbocycles. The predicted molar refractivity (Wildman–Crippen MR) is 95.3 cm³/mol. The van der Waals surface area contributed by atoms with Crippen molar-refractivity contribution in [1.29, 1.82) is 0 Å². The van der Waals surface area contributed by atoms with Gasteiger partial charge in [-0.1, -0.05) is 12.1 Å². The fourth-order valence-electron chi connectivity index (χ4n) is 4.20. The Balaban J connectivity index is 1.42. The number of likely N-dealkylation sites (tertiary alicyclic amines) is 1. The van der Waals surface area contributed by atoms with Crippen molar-refractivity contribution in [3.63, 3.8) is 0 Å². The van der Waals surface area contributed by atoms with Gasteiger partial charge in [0.1, 0.15) is 17.9 Å². The number of nitrogens with zero attached hydrogens (tertiary/aromatic N) is 1. The van der Waals surface area contributed by atoms with E-state index in [1.165, 1.54) is 0 Å². The number of hydrogen-bond acceptors (Lipinski definition) is 4. The molecule has 3 atom stereocenters. The normalized spacial score (nSPS) is 29.1. The second kappa shape index (κ2) is 6.58. The van der Waals surface area contributed by atoms with Crippen LogP contribution in [0.25, 0.3) is 0 Å². The van der Waals surface area contributed by atoms with Crippen molar-refractivity contribution in [2.45, 2.75) is 63.8 Å². The molecule has 140 valence electrons. The van der Waals surface area contributed by atoms with Gasteiger partial charge in [0, 0.05) is 13.1 Å². The summed E-state index contributed by atoms with van der Waals surface area (Å²) in [4.78, 5) is 27.5. The van der Waals surface area contributed by atoms with E-state index in [-0.39, 0.29) is 29.1 Å². The zero-order valence-corrected chi connectivity index (χ0v) is 15.1. The van der Waals surface area contributed by atoms with E-state index in [4.69, 9.17) is 4.74 Å². The third-order valence-corrected chi connectivity index (χ3v) is 5.94. The Morgan fingerprint density at radius 3 is 2.81 bits per heavy atom. The fourth-order valence-corrected chi connectivity index (χ4v) is 4.20. The number of carbonyl (C=O) groups excluding carboxylic acids is 2. The Labute approximate surface area is 153 Å². The summed E-state index contributed by atoms with van der Waals surface area (Å²) >= 11 is 0. The number of phenolic OH excluding ortho intramolecular Hbond substituents is 1. The minimum atomic E-state index is -0.415. The summed E-state index contributed by atoms with van der Waals surface area (Å²) in [6.07, 6.45) is 4.27. The topological polar surface area (TPSA) is 78.9 Å². The molecule has 3 aliphatic rings. The SMILES string of the molecule is C[C@@H]1CC[C@H](C(=O)N2CC3(CC3)C[C@H]2C(=O)NCc2cccc(O)c2)O1. The van der Waals surface area contributed by atoms with Gasteiger partial charge in [-0.2, -0.15) is 0 Å². The van der Waals surface area contributed by atoms with Crippen LogP contribution in [0.15, 0.2) is 24.3 Å². The number of rotatable bonds is 4. The summed E-state index contributed by atoms with van der Waals surface area (Å²) in [5.41, 5.74) is 0.982. The number of hydrogen-bond donors (Lipinski definition) is 2. The van der Waals surface area contributed by atoms with Crippen LogP contribution in [0.5, 0.6) is 5.75 Å². The zero-order chi connectivity index (χ0) is 18.3. The quantitative estimate of drug-likeness (QED) is 0.862. The van der Waals surface area contributed by atoms with Gasteiger partial charge in [-0.25, -0.2) is 0 Å². The number of ether oxygens (including phenoxy) is 1. The molecule has 0 aromatic heterocycles. The van der Waals surface area contributed by atoms with E-state index in [9.17, 15) is 14.7 Å². The van der Waals surface area contributed by atoms with Gasteiger partial charge in [0.25, 0.3) is 5.91 Å². The molecule has 3 fully saturated rings. The molecular formula is C20H26N2O4. The smallest absolute Gasteiger partial charge is 0.252 e. The number of benzene rings is 1. The highest BCUT2D eigenvalue weighted by Gasteiger charge is 2.56. The van der Waals surface area contributed by atoms with Gasteiger partial charge < -0.3 is 20.1 Å². The molecule has 0 unspecified atom stereocenters. The Kier molecular flexibility index (Phi) is 4.39. The lowest BCUT2D eigenvalue weighted by atomic mass is 10.0. The number of carbonyl (C=O) groups is 2. The molecule has 6 nitrogen and oxygen atoms in total. The third kappa shape index (κ3) is 3.43. The molecule has 6 heteroatoms. The number of aromatic hydroxyl groups is 1. The van der Waals surface area contributed by atoms with Crippen molar-refractivity contribution in [1.82, 2.24) is 10.2 Å². The minimum Gasteiger partial charge on any atom is -0.508 e. The van der Waals surface area contributed by atoms with Crippen molar-refractivity contribution in [3.8, 4) is 5.75 Å². The molecule has 1 aliphatic carbocycles. The van der Waals surface area contributed by atoms with Crippen LogP contribution in [0.4, 0.5) is 0 Å². The zero-order valence-electron chi connectivity index (χ0n) is 15.1. The molecule has 1 spiro atoms. The summed E-state index contributed by atoms with van der Waals surface area (Å²) < 4.78 is 5.74. The minimum absolute atomic E-state index is 0.0318. The summed E-state index contributed by atoms with van der Waals surface area (Å²) in [5, 5.41) is 12.5. The van der Waals surface area contributed by atoms with Gasteiger partial charge in [0.2, 0.25) is 5.91 Å². The van der Waals surface area contributed by atoms with Crippen molar-refractivity contribution >= 4 is 11.8 Å². The van der Waals surface area contributed by atoms with Crippen LogP contribution in [0.2, 0.25) is 0 Å². The van der Waals surface area contributed by atoms with Crippen LogP contribution in [-0.2, 0) is 20.9 Å². The molecule has 4 rings (SSSR count). The Morgan fingerprint density at radius 1 is 1.35 bits per heavy atom. The lowest BCUT2D eigenvalue weighted by Crippen LogP contribution is -2.49. The molecule has 1 aromatic rings. The molecule has 26 heavy (non-hydrogen) atoms. The summed E-state index contributed by atoms with van der Waals surface area (Å²) in [7, 11) is 0.